The van der Waals surface area contributed by atoms with Gasteiger partial charge in [0.15, 0.2) is 0 Å². The smallest absolute Gasteiger partial charge is 0.410 e. The maximum Gasteiger partial charge on any atom is 0.410 e. The summed E-state index contributed by atoms with van der Waals surface area (Å²) in [6.07, 6.45) is -1.43. The lowest BCUT2D eigenvalue weighted by Gasteiger charge is -2.47. The van der Waals surface area contributed by atoms with Gasteiger partial charge in [-0.2, -0.15) is 0 Å². The third kappa shape index (κ3) is 12.3. The summed E-state index contributed by atoms with van der Waals surface area (Å²) in [5.41, 5.74) is 3.79. The predicted molar refractivity (Wildman–Crippen MR) is 214 cm³/mol. The SMILES string of the molecule is CC(C)(C)OC(=O)N1C[C@H](COCc2ccccc2)OC[C@@H]1[C@@H](OCc1ccccc1)C(Cc1cc(F)cc(F)c1)N(Cc1ccccc1)Cc1ccccc1. The predicted octanol–water partition coefficient (Wildman–Crippen LogP) is 9.39. The Morgan fingerprint density at radius 3 is 1.75 bits per heavy atom. The minimum atomic E-state index is -0.773. The third-order valence-corrected chi connectivity index (χ3v) is 9.68. The first kappa shape index (κ1) is 40.7. The van der Waals surface area contributed by atoms with Gasteiger partial charge in [0.05, 0.1) is 51.2 Å². The molecule has 0 aliphatic carbocycles. The Balaban J connectivity index is 1.41. The highest BCUT2D eigenvalue weighted by Crippen LogP contribution is 2.30. The standard InChI is InChI=1S/C47H52F2N2O5/c1-47(2,3)56-46(52)51-30-42(33-53-31-37-20-12-6-13-21-37)54-34-44(51)45(55-32-38-22-14-7-15-23-38)43(26-39-24-40(48)27-41(49)25-39)50(28-35-16-8-4-9-17-35)29-36-18-10-5-11-19-36/h4-25,27,42-45H,26,28-34H2,1-3H3/t42-,43?,44-,45+/m1/s1. The van der Waals surface area contributed by atoms with E-state index >= 15 is 0 Å². The first-order valence-corrected chi connectivity index (χ1v) is 19.2. The molecule has 0 aromatic heterocycles. The zero-order chi connectivity index (χ0) is 39.3. The number of ether oxygens (including phenoxy) is 4. The van der Waals surface area contributed by atoms with E-state index in [1.54, 1.807) is 4.90 Å². The molecule has 1 aliphatic rings. The Hall–Kier alpha value is -4.93. The second kappa shape index (κ2) is 19.8. The van der Waals surface area contributed by atoms with Crippen LogP contribution in [0, 0.1) is 11.6 Å². The number of halogens is 2. The van der Waals surface area contributed by atoms with E-state index < -0.39 is 47.6 Å². The van der Waals surface area contributed by atoms with Crippen LogP contribution >= 0.6 is 0 Å². The van der Waals surface area contributed by atoms with E-state index in [1.807, 2.05) is 118 Å². The lowest BCUT2D eigenvalue weighted by atomic mass is 9.92. The van der Waals surface area contributed by atoms with Crippen molar-refractivity contribution in [3.63, 3.8) is 0 Å². The Labute approximate surface area is 329 Å². The topological polar surface area (TPSA) is 60.5 Å². The fourth-order valence-corrected chi connectivity index (χ4v) is 7.11. The number of morpholine rings is 1. The van der Waals surface area contributed by atoms with E-state index in [0.29, 0.717) is 25.3 Å². The van der Waals surface area contributed by atoms with Crippen molar-refractivity contribution >= 4 is 6.09 Å². The highest BCUT2D eigenvalue weighted by Gasteiger charge is 2.44. The molecular weight excluding hydrogens is 711 g/mol. The van der Waals surface area contributed by atoms with Crippen molar-refractivity contribution in [2.45, 2.75) is 83.4 Å². The van der Waals surface area contributed by atoms with Crippen LogP contribution in [0.3, 0.4) is 0 Å². The summed E-state index contributed by atoms with van der Waals surface area (Å²) in [6.45, 7) is 7.73. The molecule has 56 heavy (non-hydrogen) atoms. The zero-order valence-electron chi connectivity index (χ0n) is 32.4. The molecule has 1 unspecified atom stereocenters. The van der Waals surface area contributed by atoms with Crippen LogP contribution in [0.2, 0.25) is 0 Å². The van der Waals surface area contributed by atoms with Crippen molar-refractivity contribution in [3.8, 4) is 0 Å². The number of hydrogen-bond acceptors (Lipinski definition) is 6. The zero-order valence-corrected chi connectivity index (χ0v) is 32.4. The molecule has 0 bridgehead atoms. The molecule has 0 spiro atoms. The molecular formula is C47H52F2N2O5. The molecule has 294 valence electrons. The van der Waals surface area contributed by atoms with Crippen molar-refractivity contribution in [1.82, 2.24) is 9.80 Å². The quantitative estimate of drug-likeness (QED) is 0.0999. The minimum absolute atomic E-state index is 0.122. The van der Waals surface area contributed by atoms with Crippen LogP contribution < -0.4 is 0 Å². The van der Waals surface area contributed by atoms with Crippen molar-refractivity contribution in [2.75, 3.05) is 19.8 Å². The molecule has 5 aromatic carbocycles. The monoisotopic (exact) mass is 762 g/mol. The summed E-state index contributed by atoms with van der Waals surface area (Å²) < 4.78 is 55.5. The van der Waals surface area contributed by atoms with Gasteiger partial charge in [0, 0.05) is 25.2 Å². The van der Waals surface area contributed by atoms with Gasteiger partial charge in [0.1, 0.15) is 17.2 Å². The van der Waals surface area contributed by atoms with Gasteiger partial charge in [-0.25, -0.2) is 13.6 Å². The average molecular weight is 763 g/mol. The largest absolute Gasteiger partial charge is 0.444 e. The lowest BCUT2D eigenvalue weighted by Crippen LogP contribution is -2.63. The number of benzene rings is 5. The first-order chi connectivity index (χ1) is 27.1. The Kier molecular flexibility index (Phi) is 14.4. The number of hydrogen-bond donors (Lipinski definition) is 0. The van der Waals surface area contributed by atoms with E-state index in [2.05, 4.69) is 29.2 Å². The normalized spacial score (nSPS) is 17.1. The summed E-state index contributed by atoms with van der Waals surface area (Å²) >= 11 is 0. The van der Waals surface area contributed by atoms with Crippen LogP contribution in [0.1, 0.15) is 48.6 Å². The van der Waals surface area contributed by atoms with E-state index in [0.717, 1.165) is 28.3 Å². The summed E-state index contributed by atoms with van der Waals surface area (Å²) in [7, 11) is 0. The molecule has 1 fully saturated rings. The highest BCUT2D eigenvalue weighted by molar-refractivity contribution is 5.69. The third-order valence-electron chi connectivity index (χ3n) is 9.68. The van der Waals surface area contributed by atoms with Crippen LogP contribution in [-0.4, -0.2) is 65.5 Å². The van der Waals surface area contributed by atoms with Crippen LogP contribution in [-0.2, 0) is 51.7 Å². The maximum absolute atomic E-state index is 14.9. The van der Waals surface area contributed by atoms with E-state index in [9.17, 15) is 13.6 Å². The van der Waals surface area contributed by atoms with Crippen LogP contribution in [0.25, 0.3) is 0 Å². The Morgan fingerprint density at radius 2 is 1.23 bits per heavy atom. The van der Waals surface area contributed by atoms with Gasteiger partial charge in [-0.1, -0.05) is 121 Å². The molecule has 7 nitrogen and oxygen atoms in total. The fraction of sp³-hybridized carbons (Fsp3) is 0.340. The van der Waals surface area contributed by atoms with Gasteiger partial charge in [-0.15, -0.1) is 0 Å². The number of nitrogens with zero attached hydrogens (tertiary/aromatic N) is 2. The number of carbonyl (C=O) groups excluding carboxylic acids is 1. The second-order valence-corrected chi connectivity index (χ2v) is 15.3. The van der Waals surface area contributed by atoms with Crippen LogP contribution in [0.15, 0.2) is 140 Å². The maximum atomic E-state index is 14.9. The molecule has 5 aromatic rings. The molecule has 6 rings (SSSR count). The van der Waals surface area contributed by atoms with Gasteiger partial charge >= 0.3 is 6.09 Å². The second-order valence-electron chi connectivity index (χ2n) is 15.3. The molecule has 0 saturated carbocycles. The van der Waals surface area contributed by atoms with Crippen molar-refractivity contribution in [3.05, 3.63) is 179 Å². The van der Waals surface area contributed by atoms with E-state index in [4.69, 9.17) is 18.9 Å². The summed E-state index contributed by atoms with van der Waals surface area (Å²) in [6, 6.07) is 42.4. The molecule has 0 radical (unpaired) electrons. The number of amides is 1. The fourth-order valence-electron chi connectivity index (χ4n) is 7.11. The lowest BCUT2D eigenvalue weighted by molar-refractivity contribution is -0.147. The van der Waals surface area contributed by atoms with Gasteiger partial charge < -0.3 is 18.9 Å². The molecule has 1 saturated heterocycles. The van der Waals surface area contributed by atoms with Gasteiger partial charge in [-0.05, 0) is 67.1 Å². The van der Waals surface area contributed by atoms with E-state index in [1.165, 1.54) is 12.1 Å². The van der Waals surface area contributed by atoms with Crippen LogP contribution in [0.4, 0.5) is 13.6 Å². The van der Waals surface area contributed by atoms with Crippen molar-refractivity contribution in [1.29, 1.82) is 0 Å². The van der Waals surface area contributed by atoms with Crippen molar-refractivity contribution < 1.29 is 32.5 Å². The van der Waals surface area contributed by atoms with E-state index in [-0.39, 0.29) is 32.8 Å². The minimum Gasteiger partial charge on any atom is -0.444 e. The molecule has 1 heterocycles. The number of carbonyl (C=O) groups is 1. The molecule has 1 aliphatic heterocycles. The average Bonchev–Trinajstić information content (AvgIpc) is 3.18. The van der Waals surface area contributed by atoms with Gasteiger partial charge in [0.2, 0.25) is 0 Å². The molecule has 0 N–H and O–H groups in total. The first-order valence-electron chi connectivity index (χ1n) is 19.2. The van der Waals surface area contributed by atoms with Gasteiger partial charge in [0.25, 0.3) is 0 Å². The summed E-state index contributed by atoms with van der Waals surface area (Å²) in [5.74, 6) is -1.32. The highest BCUT2D eigenvalue weighted by atomic mass is 19.1. The number of rotatable bonds is 16. The summed E-state index contributed by atoms with van der Waals surface area (Å²) in [4.78, 5) is 18.3. The van der Waals surface area contributed by atoms with Crippen molar-refractivity contribution in [2.24, 2.45) is 0 Å². The molecule has 4 atom stereocenters. The van der Waals surface area contributed by atoms with Gasteiger partial charge in [-0.3, -0.25) is 9.80 Å². The Bertz CT molecular complexity index is 1870. The summed E-state index contributed by atoms with van der Waals surface area (Å²) in [5, 5.41) is 0. The molecule has 1 amide bonds. The van der Waals surface area contributed by atoms with Crippen LogP contribution in [0.5, 0.6) is 0 Å². The Morgan fingerprint density at radius 1 is 0.732 bits per heavy atom. The molecule has 9 heteroatoms.